The van der Waals surface area contributed by atoms with E-state index in [1.165, 1.54) is 0 Å². The van der Waals surface area contributed by atoms with Crippen LogP contribution >= 0.6 is 0 Å². The number of amides is 1. The van der Waals surface area contributed by atoms with Crippen LogP contribution in [0.1, 0.15) is 43.7 Å². The lowest BCUT2D eigenvalue weighted by Crippen LogP contribution is -2.31. The predicted octanol–water partition coefficient (Wildman–Crippen LogP) is 5.61. The molecule has 4 aromatic rings. The number of hydrogen-bond acceptors (Lipinski definition) is 8. The highest BCUT2D eigenvalue weighted by molar-refractivity contribution is 7.91. The van der Waals surface area contributed by atoms with Crippen LogP contribution < -0.4 is 10.1 Å². The van der Waals surface area contributed by atoms with E-state index in [1.807, 2.05) is 30.3 Å². The van der Waals surface area contributed by atoms with Gasteiger partial charge < -0.3 is 14.0 Å². The number of nitrogens with one attached hydrogen (secondary N) is 1. The first-order chi connectivity index (χ1) is 19.4. The van der Waals surface area contributed by atoms with Crippen LogP contribution in [-0.2, 0) is 14.6 Å². The van der Waals surface area contributed by atoms with Gasteiger partial charge in [-0.1, -0.05) is 12.1 Å². The standard InChI is InChI=1S/C29H27N5O5S/c30-18-25-24-10-9-23(38-28-31-13-2-14-32-28)17-26(24)34(21-3-1-4-21)27(25)19-5-7-20(8-6-19)33-29(35)39-22-11-15-40(36,37)16-12-22/h2,5-10,13-14,17,21-22H,1,3-4,11-12,15-16H2,(H,33,35). The Bertz CT molecular complexity index is 1690. The first kappa shape index (κ1) is 25.8. The van der Waals surface area contributed by atoms with Gasteiger partial charge in [0.2, 0.25) is 0 Å². The average molecular weight is 558 g/mol. The minimum absolute atomic E-state index is 0.0313. The van der Waals surface area contributed by atoms with E-state index in [4.69, 9.17) is 9.47 Å². The zero-order valence-corrected chi connectivity index (χ0v) is 22.4. The van der Waals surface area contributed by atoms with Gasteiger partial charge in [-0.15, -0.1) is 0 Å². The van der Waals surface area contributed by atoms with Crippen LogP contribution in [0.15, 0.2) is 60.9 Å². The Morgan fingerprint density at radius 3 is 2.40 bits per heavy atom. The van der Waals surface area contributed by atoms with E-state index >= 15 is 0 Å². The van der Waals surface area contributed by atoms with Crippen LogP contribution in [0.2, 0.25) is 0 Å². The van der Waals surface area contributed by atoms with Crippen molar-refractivity contribution in [3.05, 3.63) is 66.5 Å². The second-order valence-corrected chi connectivity index (χ2v) is 12.4. The first-order valence-corrected chi connectivity index (χ1v) is 15.0. The van der Waals surface area contributed by atoms with Crippen molar-refractivity contribution in [3.63, 3.8) is 0 Å². The van der Waals surface area contributed by atoms with Gasteiger partial charge in [0.25, 0.3) is 0 Å². The number of carbonyl (C=O) groups is 1. The van der Waals surface area contributed by atoms with E-state index in [9.17, 15) is 18.5 Å². The Hall–Kier alpha value is -4.43. The highest BCUT2D eigenvalue weighted by atomic mass is 32.2. The summed E-state index contributed by atoms with van der Waals surface area (Å²) in [5, 5.41) is 13.8. The molecule has 3 heterocycles. The smallest absolute Gasteiger partial charge is 0.411 e. The molecular weight excluding hydrogens is 530 g/mol. The van der Waals surface area contributed by atoms with E-state index < -0.39 is 22.0 Å². The van der Waals surface area contributed by atoms with E-state index in [0.29, 0.717) is 29.8 Å². The third-order valence-electron chi connectivity index (χ3n) is 7.46. The predicted molar refractivity (Wildman–Crippen MR) is 149 cm³/mol. The van der Waals surface area contributed by atoms with Crippen molar-refractivity contribution >= 4 is 32.5 Å². The molecule has 0 radical (unpaired) electrons. The van der Waals surface area contributed by atoms with Crippen molar-refractivity contribution in [3.8, 4) is 29.1 Å². The van der Waals surface area contributed by atoms with Crippen LogP contribution in [0.25, 0.3) is 22.2 Å². The maximum absolute atomic E-state index is 12.4. The van der Waals surface area contributed by atoms with Gasteiger partial charge in [-0.05, 0) is 68.0 Å². The summed E-state index contributed by atoms with van der Waals surface area (Å²) >= 11 is 0. The maximum Gasteiger partial charge on any atom is 0.411 e. The zero-order chi connectivity index (χ0) is 27.7. The summed E-state index contributed by atoms with van der Waals surface area (Å²) in [5.41, 5.74) is 3.71. The number of carbonyl (C=O) groups excluding carboxylic acids is 1. The van der Waals surface area contributed by atoms with Crippen molar-refractivity contribution in [1.82, 2.24) is 14.5 Å². The highest BCUT2D eigenvalue weighted by Gasteiger charge is 2.29. The van der Waals surface area contributed by atoms with Gasteiger partial charge in [0, 0.05) is 35.6 Å². The average Bonchev–Trinajstić information content (AvgIpc) is 3.23. The number of benzene rings is 2. The minimum atomic E-state index is -3.03. The second kappa shape index (κ2) is 10.6. The molecule has 6 rings (SSSR count). The number of rotatable bonds is 6. The fourth-order valence-corrected chi connectivity index (χ4v) is 6.66. The quantitative estimate of drug-likeness (QED) is 0.323. The summed E-state index contributed by atoms with van der Waals surface area (Å²) in [4.78, 5) is 20.7. The lowest BCUT2D eigenvalue weighted by molar-refractivity contribution is 0.104. The number of sulfone groups is 1. The Kier molecular flexibility index (Phi) is 6.86. The molecule has 0 bridgehead atoms. The zero-order valence-electron chi connectivity index (χ0n) is 21.6. The Morgan fingerprint density at radius 2 is 1.75 bits per heavy atom. The molecule has 1 N–H and O–H groups in total. The summed E-state index contributed by atoms with van der Waals surface area (Å²) in [5.74, 6) is 0.647. The molecular formula is C29H27N5O5S. The van der Waals surface area contributed by atoms with Crippen LogP contribution in [0.5, 0.6) is 11.8 Å². The number of fused-ring (bicyclic) bond motifs is 1. The van der Waals surface area contributed by atoms with Gasteiger partial charge in [-0.25, -0.2) is 23.2 Å². The van der Waals surface area contributed by atoms with Crippen molar-refractivity contribution < 1.29 is 22.7 Å². The van der Waals surface area contributed by atoms with Crippen LogP contribution in [0.3, 0.4) is 0 Å². The molecule has 1 aliphatic carbocycles. The van der Waals surface area contributed by atoms with Gasteiger partial charge >= 0.3 is 12.1 Å². The molecule has 2 fully saturated rings. The summed E-state index contributed by atoms with van der Waals surface area (Å²) in [6.07, 6.45) is 5.97. The summed E-state index contributed by atoms with van der Waals surface area (Å²) in [6.45, 7) is 0. The molecule has 1 saturated carbocycles. The molecule has 1 amide bonds. The fourth-order valence-electron chi connectivity index (χ4n) is 5.21. The largest absolute Gasteiger partial charge is 0.446 e. The molecule has 11 heteroatoms. The molecule has 1 saturated heterocycles. The lowest BCUT2D eigenvalue weighted by Gasteiger charge is -2.30. The molecule has 10 nitrogen and oxygen atoms in total. The Morgan fingerprint density at radius 1 is 1.02 bits per heavy atom. The lowest BCUT2D eigenvalue weighted by atomic mass is 9.92. The molecule has 2 aliphatic rings. The second-order valence-electron chi connectivity index (χ2n) is 10.1. The molecule has 0 atom stereocenters. The number of anilines is 1. The van der Waals surface area contributed by atoms with Gasteiger partial charge in [-0.3, -0.25) is 5.32 Å². The number of nitriles is 1. The Labute approximate surface area is 231 Å². The highest BCUT2D eigenvalue weighted by Crippen LogP contribution is 2.43. The van der Waals surface area contributed by atoms with E-state index in [2.05, 4.69) is 25.9 Å². The summed E-state index contributed by atoms with van der Waals surface area (Å²) < 4.78 is 36.8. The summed E-state index contributed by atoms with van der Waals surface area (Å²) in [7, 11) is -3.03. The monoisotopic (exact) mass is 557 g/mol. The maximum atomic E-state index is 12.4. The number of nitrogens with zero attached hydrogens (tertiary/aromatic N) is 4. The van der Waals surface area contributed by atoms with Crippen LogP contribution in [0.4, 0.5) is 10.5 Å². The van der Waals surface area contributed by atoms with Crippen molar-refractivity contribution in [2.24, 2.45) is 0 Å². The SMILES string of the molecule is N#Cc1c(-c2ccc(NC(=O)OC3CCS(=O)(=O)CC3)cc2)n(C2CCC2)c2cc(Oc3ncccn3)ccc12. The molecule has 1 aliphatic heterocycles. The summed E-state index contributed by atoms with van der Waals surface area (Å²) in [6, 6.07) is 17.6. The Balaban J connectivity index is 1.27. The third-order valence-corrected chi connectivity index (χ3v) is 9.17. The van der Waals surface area contributed by atoms with Gasteiger partial charge in [0.05, 0.1) is 28.3 Å². The fraction of sp³-hybridized carbons (Fsp3) is 0.310. The van der Waals surface area contributed by atoms with Crippen LogP contribution in [0, 0.1) is 11.3 Å². The number of ether oxygens (including phenoxy) is 2. The topological polar surface area (TPSA) is 136 Å². The molecule has 204 valence electrons. The van der Waals surface area contributed by atoms with Crippen molar-refractivity contribution in [1.29, 1.82) is 5.26 Å². The van der Waals surface area contributed by atoms with Gasteiger partial charge in [0.15, 0.2) is 9.84 Å². The molecule has 2 aromatic heterocycles. The van der Waals surface area contributed by atoms with Gasteiger partial charge in [-0.2, -0.15) is 5.26 Å². The van der Waals surface area contributed by atoms with E-state index in [-0.39, 0.29) is 23.6 Å². The number of hydrogen-bond donors (Lipinski definition) is 1. The first-order valence-electron chi connectivity index (χ1n) is 13.2. The van der Waals surface area contributed by atoms with Crippen molar-refractivity contribution in [2.75, 3.05) is 16.8 Å². The molecule has 2 aromatic carbocycles. The van der Waals surface area contributed by atoms with Gasteiger partial charge in [0.1, 0.15) is 17.9 Å². The molecule has 40 heavy (non-hydrogen) atoms. The molecule has 0 spiro atoms. The van der Waals surface area contributed by atoms with E-state index in [1.54, 1.807) is 30.6 Å². The normalized spacial score (nSPS) is 17.1. The van der Waals surface area contributed by atoms with E-state index in [0.717, 1.165) is 41.4 Å². The third kappa shape index (κ3) is 5.22. The number of aromatic nitrogens is 3. The molecule has 0 unspecified atom stereocenters. The van der Waals surface area contributed by atoms with Crippen LogP contribution in [-0.4, -0.2) is 46.7 Å². The minimum Gasteiger partial charge on any atom is -0.446 e. The van der Waals surface area contributed by atoms with Crippen molar-refractivity contribution in [2.45, 2.75) is 44.2 Å².